The van der Waals surface area contributed by atoms with Crippen LogP contribution in [0.15, 0.2) is 30.9 Å². The van der Waals surface area contributed by atoms with Crippen LogP contribution in [0, 0.1) is 5.82 Å². The largest absolute Gasteiger partial charge is 0.397 e. The first-order valence-corrected chi connectivity index (χ1v) is 7.48. The molecule has 112 valence electrons. The van der Waals surface area contributed by atoms with Crippen molar-refractivity contribution < 1.29 is 9.18 Å². The van der Waals surface area contributed by atoms with Crippen LogP contribution in [0.25, 0.3) is 10.1 Å². The highest BCUT2D eigenvalue weighted by molar-refractivity contribution is 7.21. The predicted octanol–water partition coefficient (Wildman–Crippen LogP) is 4.05. The van der Waals surface area contributed by atoms with Crippen molar-refractivity contribution in [1.29, 1.82) is 0 Å². The molecule has 5 heteroatoms. The van der Waals surface area contributed by atoms with Gasteiger partial charge in [-0.25, -0.2) is 4.39 Å². The number of nitrogens with zero attached hydrogens (tertiary/aromatic N) is 1. The Kier molecular flexibility index (Phi) is 4.05. The first-order chi connectivity index (χ1) is 9.77. The highest BCUT2D eigenvalue weighted by Gasteiger charge is 2.29. The molecule has 0 fully saturated rings. The minimum atomic E-state index is -0.397. The monoisotopic (exact) mass is 306 g/mol. The van der Waals surface area contributed by atoms with Crippen LogP contribution >= 0.6 is 11.3 Å². The molecule has 0 unspecified atom stereocenters. The predicted molar refractivity (Wildman–Crippen MR) is 87.2 cm³/mol. The number of anilines is 1. The highest BCUT2D eigenvalue weighted by Crippen LogP contribution is 2.36. The maximum absolute atomic E-state index is 13.9. The Balaban J connectivity index is 2.55. The van der Waals surface area contributed by atoms with Gasteiger partial charge in [-0.15, -0.1) is 17.9 Å². The van der Waals surface area contributed by atoms with Crippen molar-refractivity contribution in [2.75, 3.05) is 12.3 Å². The van der Waals surface area contributed by atoms with Crippen molar-refractivity contribution >= 4 is 33.0 Å². The number of carbonyl (C=O) groups excluding carboxylic acids is 1. The lowest BCUT2D eigenvalue weighted by Crippen LogP contribution is -2.45. The van der Waals surface area contributed by atoms with E-state index in [1.54, 1.807) is 23.1 Å². The third-order valence-corrected chi connectivity index (χ3v) is 4.42. The Bertz CT molecular complexity index is 700. The van der Waals surface area contributed by atoms with Gasteiger partial charge in [0.15, 0.2) is 0 Å². The van der Waals surface area contributed by atoms with Crippen molar-refractivity contribution in [2.24, 2.45) is 0 Å². The first-order valence-electron chi connectivity index (χ1n) is 6.66. The van der Waals surface area contributed by atoms with Crippen molar-refractivity contribution in [3.05, 3.63) is 41.5 Å². The molecule has 0 saturated carbocycles. The molecule has 21 heavy (non-hydrogen) atoms. The molecular formula is C16H19FN2OS. The molecule has 1 heterocycles. The van der Waals surface area contributed by atoms with Gasteiger partial charge in [-0.1, -0.05) is 12.1 Å². The van der Waals surface area contributed by atoms with Gasteiger partial charge in [0, 0.05) is 16.8 Å². The van der Waals surface area contributed by atoms with E-state index < -0.39 is 5.82 Å². The van der Waals surface area contributed by atoms with E-state index >= 15 is 0 Å². The standard InChI is InChI=1S/C16H19FN2OS/c1-5-9-19(16(2,3)4)15(20)14-13(18)12-10(17)7-6-8-11(12)21-14/h5-8H,1,9,18H2,2-4H3. The fourth-order valence-electron chi connectivity index (χ4n) is 2.20. The van der Waals surface area contributed by atoms with Crippen LogP contribution in [0.2, 0.25) is 0 Å². The third kappa shape index (κ3) is 2.78. The lowest BCUT2D eigenvalue weighted by atomic mass is 10.1. The second-order valence-electron chi connectivity index (χ2n) is 5.83. The van der Waals surface area contributed by atoms with Gasteiger partial charge < -0.3 is 10.6 Å². The maximum atomic E-state index is 13.9. The zero-order valence-electron chi connectivity index (χ0n) is 12.4. The molecule has 0 aliphatic heterocycles. The minimum absolute atomic E-state index is 0.194. The summed E-state index contributed by atoms with van der Waals surface area (Å²) in [5.74, 6) is -0.591. The van der Waals surface area contributed by atoms with Gasteiger partial charge in [-0.2, -0.15) is 0 Å². The minimum Gasteiger partial charge on any atom is -0.397 e. The summed E-state index contributed by atoms with van der Waals surface area (Å²) in [6.45, 7) is 9.93. The molecule has 0 spiro atoms. The molecule has 1 amide bonds. The highest BCUT2D eigenvalue weighted by atomic mass is 32.1. The van der Waals surface area contributed by atoms with E-state index in [-0.39, 0.29) is 17.1 Å². The van der Waals surface area contributed by atoms with Crippen molar-refractivity contribution in [2.45, 2.75) is 26.3 Å². The average molecular weight is 306 g/mol. The molecule has 0 saturated heterocycles. The van der Waals surface area contributed by atoms with E-state index in [9.17, 15) is 9.18 Å². The number of rotatable bonds is 3. The molecule has 2 N–H and O–H groups in total. The number of fused-ring (bicyclic) bond motifs is 1. The van der Waals surface area contributed by atoms with E-state index in [0.29, 0.717) is 21.5 Å². The summed E-state index contributed by atoms with van der Waals surface area (Å²) in [7, 11) is 0. The lowest BCUT2D eigenvalue weighted by molar-refractivity contribution is 0.0623. The van der Waals surface area contributed by atoms with E-state index in [1.807, 2.05) is 20.8 Å². The Hall–Kier alpha value is -1.88. The normalized spacial score (nSPS) is 11.6. The first kappa shape index (κ1) is 15.5. The maximum Gasteiger partial charge on any atom is 0.266 e. The summed E-state index contributed by atoms with van der Waals surface area (Å²) in [6.07, 6.45) is 1.67. The van der Waals surface area contributed by atoms with Crippen LogP contribution in [-0.2, 0) is 0 Å². The summed E-state index contributed by atoms with van der Waals surface area (Å²) in [5.41, 5.74) is 5.87. The Labute approximate surface area is 127 Å². The zero-order chi connectivity index (χ0) is 15.8. The summed E-state index contributed by atoms with van der Waals surface area (Å²) in [6, 6.07) is 4.74. The molecule has 0 aliphatic rings. The Morgan fingerprint density at radius 2 is 2.14 bits per heavy atom. The van der Waals surface area contributed by atoms with Gasteiger partial charge in [0.05, 0.1) is 11.1 Å². The number of nitrogen functional groups attached to an aromatic ring is 1. The van der Waals surface area contributed by atoms with Crippen LogP contribution in [-0.4, -0.2) is 22.9 Å². The van der Waals surface area contributed by atoms with Crippen LogP contribution in [0.4, 0.5) is 10.1 Å². The molecule has 1 aromatic carbocycles. The molecule has 3 nitrogen and oxygen atoms in total. The molecule has 1 aromatic heterocycles. The molecule has 0 aliphatic carbocycles. The quantitative estimate of drug-likeness (QED) is 0.870. The fraction of sp³-hybridized carbons (Fsp3) is 0.312. The number of hydrogen-bond donors (Lipinski definition) is 1. The third-order valence-electron chi connectivity index (χ3n) is 3.26. The number of benzene rings is 1. The van der Waals surface area contributed by atoms with Gasteiger partial charge in [-0.05, 0) is 32.9 Å². The van der Waals surface area contributed by atoms with Crippen LogP contribution < -0.4 is 5.73 Å². The number of hydrogen-bond acceptors (Lipinski definition) is 3. The van der Waals surface area contributed by atoms with Crippen molar-refractivity contribution in [3.63, 3.8) is 0 Å². The number of amides is 1. The average Bonchev–Trinajstić information content (AvgIpc) is 2.73. The zero-order valence-corrected chi connectivity index (χ0v) is 13.3. The van der Waals surface area contributed by atoms with Crippen LogP contribution in [0.3, 0.4) is 0 Å². The fourth-order valence-corrected chi connectivity index (χ4v) is 3.29. The summed E-state index contributed by atoms with van der Waals surface area (Å²) in [4.78, 5) is 14.8. The summed E-state index contributed by atoms with van der Waals surface area (Å²) in [5, 5.41) is 0.332. The van der Waals surface area contributed by atoms with Crippen LogP contribution in [0.1, 0.15) is 30.4 Å². The van der Waals surface area contributed by atoms with Crippen LogP contribution in [0.5, 0.6) is 0 Å². The molecule has 0 radical (unpaired) electrons. The second-order valence-corrected chi connectivity index (χ2v) is 6.89. The number of thiophene rings is 1. The van der Waals surface area contributed by atoms with E-state index in [0.717, 1.165) is 0 Å². The summed E-state index contributed by atoms with van der Waals surface area (Å²) < 4.78 is 14.6. The number of carbonyl (C=O) groups is 1. The van der Waals surface area contributed by atoms with Gasteiger partial charge in [0.1, 0.15) is 10.7 Å². The molecule has 0 bridgehead atoms. The van der Waals surface area contributed by atoms with Gasteiger partial charge in [0.25, 0.3) is 5.91 Å². The molecule has 0 atom stereocenters. The van der Waals surface area contributed by atoms with E-state index in [2.05, 4.69) is 6.58 Å². The number of nitrogens with two attached hydrogens (primary N) is 1. The summed E-state index contributed by atoms with van der Waals surface area (Å²) >= 11 is 1.23. The molecule has 2 aromatic rings. The molecular weight excluding hydrogens is 287 g/mol. The van der Waals surface area contributed by atoms with Crippen molar-refractivity contribution in [3.8, 4) is 0 Å². The van der Waals surface area contributed by atoms with E-state index in [1.165, 1.54) is 17.4 Å². The van der Waals surface area contributed by atoms with Gasteiger partial charge >= 0.3 is 0 Å². The Morgan fingerprint density at radius 3 is 2.67 bits per heavy atom. The topological polar surface area (TPSA) is 46.3 Å². The Morgan fingerprint density at radius 1 is 1.48 bits per heavy atom. The van der Waals surface area contributed by atoms with Crippen molar-refractivity contribution in [1.82, 2.24) is 4.90 Å². The second kappa shape index (κ2) is 5.48. The number of halogens is 1. The lowest BCUT2D eigenvalue weighted by Gasteiger charge is -2.34. The van der Waals surface area contributed by atoms with Gasteiger partial charge in [-0.3, -0.25) is 4.79 Å². The molecule has 2 rings (SSSR count). The van der Waals surface area contributed by atoms with Gasteiger partial charge in [0.2, 0.25) is 0 Å². The van der Waals surface area contributed by atoms with E-state index in [4.69, 9.17) is 5.73 Å². The SMILES string of the molecule is C=CCN(C(=O)c1sc2cccc(F)c2c1N)C(C)(C)C. The smallest absolute Gasteiger partial charge is 0.266 e.